The zero-order valence-corrected chi connectivity index (χ0v) is 11.2. The lowest BCUT2D eigenvalue weighted by atomic mass is 10.1. The smallest absolute Gasteiger partial charge is 0.0992 e. The van der Waals surface area contributed by atoms with Gasteiger partial charge in [0.2, 0.25) is 0 Å². The average molecular weight is 302 g/mol. The van der Waals surface area contributed by atoms with Gasteiger partial charge >= 0.3 is 0 Å². The molecule has 0 aromatic heterocycles. The lowest BCUT2D eigenvalue weighted by Gasteiger charge is -2.09. The largest absolute Gasteiger partial charge is 0.397 e. The molecule has 0 aliphatic rings. The van der Waals surface area contributed by atoms with E-state index in [9.17, 15) is 0 Å². The topological polar surface area (TPSA) is 61.8 Å². The van der Waals surface area contributed by atoms with E-state index in [1.54, 1.807) is 18.2 Å². The van der Waals surface area contributed by atoms with Gasteiger partial charge in [0.15, 0.2) is 0 Å². The van der Waals surface area contributed by atoms with Gasteiger partial charge in [-0.25, -0.2) is 0 Å². The molecule has 0 spiro atoms. The van der Waals surface area contributed by atoms with E-state index in [0.717, 1.165) is 15.7 Å². The number of nitrogens with two attached hydrogens (primary N) is 1. The van der Waals surface area contributed by atoms with Crippen molar-refractivity contribution in [2.45, 2.75) is 6.54 Å². The van der Waals surface area contributed by atoms with Gasteiger partial charge in [-0.1, -0.05) is 28.1 Å². The van der Waals surface area contributed by atoms with Crippen LogP contribution in [0, 0.1) is 11.3 Å². The molecule has 0 amide bonds. The van der Waals surface area contributed by atoms with Crippen molar-refractivity contribution in [3.8, 4) is 6.07 Å². The van der Waals surface area contributed by atoms with E-state index in [-0.39, 0.29) is 0 Å². The van der Waals surface area contributed by atoms with Crippen molar-refractivity contribution in [2.24, 2.45) is 0 Å². The van der Waals surface area contributed by atoms with Gasteiger partial charge in [-0.3, -0.25) is 0 Å². The molecule has 0 aliphatic heterocycles. The predicted octanol–water partition coefficient (Wildman–Crippen LogP) is 3.52. The number of nitrogens with zero attached hydrogens (tertiary/aromatic N) is 1. The van der Waals surface area contributed by atoms with Gasteiger partial charge in [0.1, 0.15) is 0 Å². The highest BCUT2D eigenvalue weighted by Gasteiger charge is 2.01. The van der Waals surface area contributed by atoms with Crippen molar-refractivity contribution < 1.29 is 0 Å². The average Bonchev–Trinajstić information content (AvgIpc) is 2.38. The van der Waals surface area contributed by atoms with Crippen LogP contribution in [0.4, 0.5) is 11.4 Å². The third-order valence-electron chi connectivity index (χ3n) is 2.55. The third-order valence-corrected chi connectivity index (χ3v) is 3.05. The molecule has 0 unspecified atom stereocenters. The molecular formula is C14H12BrN3. The Morgan fingerprint density at radius 2 is 2.06 bits per heavy atom. The zero-order chi connectivity index (χ0) is 13.0. The first-order chi connectivity index (χ1) is 8.69. The monoisotopic (exact) mass is 301 g/mol. The molecule has 2 aromatic rings. The van der Waals surface area contributed by atoms with Gasteiger partial charge in [0.05, 0.1) is 23.0 Å². The predicted molar refractivity (Wildman–Crippen MR) is 77.0 cm³/mol. The Labute approximate surface area is 114 Å². The summed E-state index contributed by atoms with van der Waals surface area (Å²) < 4.78 is 1.04. The number of halogens is 1. The SMILES string of the molecule is N#Cc1ccc(N)c(NCc2cccc(Br)c2)c1. The lowest BCUT2D eigenvalue weighted by Crippen LogP contribution is -2.02. The molecule has 3 N–H and O–H groups in total. The number of benzene rings is 2. The van der Waals surface area contributed by atoms with Crippen LogP contribution in [-0.4, -0.2) is 0 Å². The van der Waals surface area contributed by atoms with Crippen LogP contribution in [0.3, 0.4) is 0 Å². The minimum absolute atomic E-state index is 0.598. The molecule has 2 aromatic carbocycles. The first-order valence-electron chi connectivity index (χ1n) is 5.47. The van der Waals surface area contributed by atoms with Crippen LogP contribution in [-0.2, 0) is 6.54 Å². The Kier molecular flexibility index (Phi) is 3.85. The maximum absolute atomic E-state index is 8.85. The van der Waals surface area contributed by atoms with E-state index in [0.29, 0.717) is 17.8 Å². The Morgan fingerprint density at radius 1 is 1.22 bits per heavy atom. The molecule has 0 fully saturated rings. The minimum atomic E-state index is 0.598. The number of rotatable bonds is 3. The van der Waals surface area contributed by atoms with E-state index in [1.807, 2.05) is 24.3 Å². The number of nitrogen functional groups attached to an aromatic ring is 1. The van der Waals surface area contributed by atoms with Crippen LogP contribution in [0.2, 0.25) is 0 Å². The fraction of sp³-hybridized carbons (Fsp3) is 0.0714. The van der Waals surface area contributed by atoms with E-state index in [1.165, 1.54) is 0 Å². The number of anilines is 2. The summed E-state index contributed by atoms with van der Waals surface area (Å²) in [6, 6.07) is 15.3. The Morgan fingerprint density at radius 3 is 2.78 bits per heavy atom. The molecule has 0 heterocycles. The Bertz CT molecular complexity index is 602. The quantitative estimate of drug-likeness (QED) is 0.853. The van der Waals surface area contributed by atoms with Gasteiger partial charge in [-0.05, 0) is 35.9 Å². The van der Waals surface area contributed by atoms with E-state index < -0.39 is 0 Å². The summed E-state index contributed by atoms with van der Waals surface area (Å²) in [5.74, 6) is 0. The number of hydrogen-bond donors (Lipinski definition) is 2. The van der Waals surface area contributed by atoms with Crippen LogP contribution >= 0.6 is 15.9 Å². The summed E-state index contributed by atoms with van der Waals surface area (Å²) in [4.78, 5) is 0. The molecule has 0 saturated heterocycles. The fourth-order valence-electron chi connectivity index (χ4n) is 1.62. The summed E-state index contributed by atoms with van der Waals surface area (Å²) in [5.41, 5.74) is 9.03. The van der Waals surface area contributed by atoms with Crippen LogP contribution in [0.1, 0.15) is 11.1 Å². The molecule has 18 heavy (non-hydrogen) atoms. The fourth-order valence-corrected chi connectivity index (χ4v) is 2.07. The Hall–Kier alpha value is -1.99. The molecule has 0 saturated carbocycles. The summed E-state index contributed by atoms with van der Waals surface area (Å²) in [6.45, 7) is 0.665. The van der Waals surface area contributed by atoms with Crippen molar-refractivity contribution in [1.82, 2.24) is 0 Å². The summed E-state index contributed by atoms with van der Waals surface area (Å²) in [6.07, 6.45) is 0. The maximum Gasteiger partial charge on any atom is 0.0992 e. The molecule has 0 atom stereocenters. The van der Waals surface area contributed by atoms with Crippen molar-refractivity contribution in [2.75, 3.05) is 11.1 Å². The molecule has 4 heteroatoms. The van der Waals surface area contributed by atoms with Crippen LogP contribution in [0.15, 0.2) is 46.9 Å². The Balaban J connectivity index is 2.13. The van der Waals surface area contributed by atoms with E-state index in [4.69, 9.17) is 11.0 Å². The van der Waals surface area contributed by atoms with Gasteiger partial charge in [0.25, 0.3) is 0 Å². The minimum Gasteiger partial charge on any atom is -0.397 e. The maximum atomic E-state index is 8.85. The molecule has 0 aliphatic carbocycles. The highest BCUT2D eigenvalue weighted by atomic mass is 79.9. The molecule has 90 valence electrons. The first kappa shape index (κ1) is 12.5. The number of nitriles is 1. The third kappa shape index (κ3) is 3.02. The van der Waals surface area contributed by atoms with Gasteiger partial charge in [-0.2, -0.15) is 5.26 Å². The first-order valence-corrected chi connectivity index (χ1v) is 6.26. The van der Waals surface area contributed by atoms with Crippen molar-refractivity contribution >= 4 is 27.3 Å². The number of nitrogens with one attached hydrogen (secondary N) is 1. The van der Waals surface area contributed by atoms with Gasteiger partial charge in [-0.15, -0.1) is 0 Å². The van der Waals surface area contributed by atoms with Gasteiger partial charge < -0.3 is 11.1 Å². The zero-order valence-electron chi connectivity index (χ0n) is 9.65. The second-order valence-corrected chi connectivity index (χ2v) is 4.81. The summed E-state index contributed by atoms with van der Waals surface area (Å²) in [7, 11) is 0. The number of hydrogen-bond acceptors (Lipinski definition) is 3. The molecule has 0 bridgehead atoms. The summed E-state index contributed by atoms with van der Waals surface area (Å²) >= 11 is 3.43. The second-order valence-electron chi connectivity index (χ2n) is 3.90. The van der Waals surface area contributed by atoms with Crippen molar-refractivity contribution in [3.63, 3.8) is 0 Å². The van der Waals surface area contributed by atoms with E-state index >= 15 is 0 Å². The standard InChI is InChI=1S/C14H12BrN3/c15-12-3-1-2-11(6-12)9-18-14-7-10(8-16)4-5-13(14)17/h1-7,18H,9,17H2. The van der Waals surface area contributed by atoms with Crippen LogP contribution in [0.5, 0.6) is 0 Å². The molecular weight excluding hydrogens is 290 g/mol. The molecule has 2 rings (SSSR count). The second kappa shape index (κ2) is 5.56. The van der Waals surface area contributed by atoms with E-state index in [2.05, 4.69) is 27.3 Å². The lowest BCUT2D eigenvalue weighted by molar-refractivity contribution is 1.15. The molecule has 0 radical (unpaired) electrons. The highest BCUT2D eigenvalue weighted by molar-refractivity contribution is 9.10. The van der Waals surface area contributed by atoms with Crippen molar-refractivity contribution in [3.05, 3.63) is 58.1 Å². The normalized spacial score (nSPS) is 9.78. The van der Waals surface area contributed by atoms with Gasteiger partial charge in [0, 0.05) is 11.0 Å². The highest BCUT2D eigenvalue weighted by Crippen LogP contribution is 2.21. The van der Waals surface area contributed by atoms with Crippen molar-refractivity contribution in [1.29, 1.82) is 5.26 Å². The van der Waals surface area contributed by atoms with Crippen LogP contribution in [0.25, 0.3) is 0 Å². The summed E-state index contributed by atoms with van der Waals surface area (Å²) in [5, 5.41) is 12.1. The van der Waals surface area contributed by atoms with Crippen LogP contribution < -0.4 is 11.1 Å². The molecule has 3 nitrogen and oxygen atoms in total.